The Kier molecular flexibility index (Phi) is 6.89. The lowest BCUT2D eigenvalue weighted by molar-refractivity contribution is -0.209. The summed E-state index contributed by atoms with van der Waals surface area (Å²) in [6.07, 6.45) is 12.9. The zero-order valence-electron chi connectivity index (χ0n) is 27.4. The highest BCUT2D eigenvalue weighted by Gasteiger charge is 2.70. The van der Waals surface area contributed by atoms with Crippen LogP contribution in [0.2, 0.25) is 0 Å². The topological polar surface area (TPSA) is 97.7 Å². The van der Waals surface area contributed by atoms with Crippen molar-refractivity contribution in [2.45, 2.75) is 132 Å². The molecule has 43 heavy (non-hydrogen) atoms. The largest absolute Gasteiger partial charge is 0.478 e. The SMILES string of the molecule is CC1(C)C2CC[C@]3(C)C(C(=O)C=C4[C@@H]5C[C@@](C)(C=O)CC[C@]5(C)CCC43C)[C@@]2(C)CC[C@@H]1OC(=O)C1=C(C(=O)O)CCC1. The number of carbonyl (C=O) groups excluding carboxylic acids is 3. The molecular formula is C37H52O6. The number of rotatable bonds is 4. The molecular weight excluding hydrogens is 540 g/mol. The summed E-state index contributed by atoms with van der Waals surface area (Å²) in [5.74, 6) is -0.871. The Morgan fingerprint density at radius 3 is 2.26 bits per heavy atom. The van der Waals surface area contributed by atoms with Crippen molar-refractivity contribution < 1.29 is 29.0 Å². The van der Waals surface area contributed by atoms with Crippen LogP contribution in [-0.4, -0.2) is 35.2 Å². The fourth-order valence-corrected chi connectivity index (χ4v) is 11.9. The lowest BCUT2D eigenvalue weighted by atomic mass is 9.33. The van der Waals surface area contributed by atoms with Crippen LogP contribution in [0, 0.1) is 50.2 Å². The van der Waals surface area contributed by atoms with Crippen molar-refractivity contribution in [2.75, 3.05) is 0 Å². The first kappa shape index (κ1) is 30.8. The molecule has 0 spiro atoms. The van der Waals surface area contributed by atoms with E-state index in [0.29, 0.717) is 31.3 Å². The van der Waals surface area contributed by atoms with Crippen molar-refractivity contribution in [3.63, 3.8) is 0 Å². The van der Waals surface area contributed by atoms with Crippen LogP contribution in [0.1, 0.15) is 126 Å². The van der Waals surface area contributed by atoms with Gasteiger partial charge in [0.05, 0.1) is 0 Å². The molecule has 0 aromatic rings. The fourth-order valence-electron chi connectivity index (χ4n) is 11.9. The summed E-state index contributed by atoms with van der Waals surface area (Å²) in [5.41, 5.74) is 0.810. The maximum Gasteiger partial charge on any atom is 0.334 e. The van der Waals surface area contributed by atoms with E-state index < -0.39 is 11.9 Å². The van der Waals surface area contributed by atoms with Gasteiger partial charge in [-0.15, -0.1) is 0 Å². The molecule has 9 atom stereocenters. The van der Waals surface area contributed by atoms with Crippen molar-refractivity contribution in [3.8, 4) is 0 Å². The second kappa shape index (κ2) is 9.63. The van der Waals surface area contributed by atoms with E-state index in [1.807, 2.05) is 0 Å². The molecule has 4 fully saturated rings. The van der Waals surface area contributed by atoms with Gasteiger partial charge < -0.3 is 14.6 Å². The van der Waals surface area contributed by atoms with E-state index in [1.165, 1.54) is 11.9 Å². The maximum atomic E-state index is 14.6. The molecule has 6 aliphatic carbocycles. The predicted octanol–water partition coefficient (Wildman–Crippen LogP) is 7.64. The monoisotopic (exact) mass is 592 g/mol. The molecule has 0 aromatic heterocycles. The molecule has 0 amide bonds. The number of hydrogen-bond donors (Lipinski definition) is 1. The van der Waals surface area contributed by atoms with E-state index in [-0.39, 0.29) is 67.7 Å². The Morgan fingerprint density at radius 2 is 1.58 bits per heavy atom. The third-order valence-electron chi connectivity index (χ3n) is 14.8. The molecule has 236 valence electrons. The second-order valence-corrected chi connectivity index (χ2v) is 17.3. The van der Waals surface area contributed by atoms with Crippen LogP contribution in [-0.2, 0) is 23.9 Å². The lowest BCUT2D eigenvalue weighted by Gasteiger charge is -2.70. The molecule has 6 nitrogen and oxygen atoms in total. The van der Waals surface area contributed by atoms with Crippen LogP contribution in [0.25, 0.3) is 0 Å². The van der Waals surface area contributed by atoms with Crippen LogP contribution in [0.3, 0.4) is 0 Å². The molecule has 0 radical (unpaired) electrons. The van der Waals surface area contributed by atoms with Crippen molar-refractivity contribution >= 4 is 24.0 Å². The molecule has 6 heteroatoms. The fraction of sp³-hybridized carbons (Fsp3) is 0.784. The van der Waals surface area contributed by atoms with Crippen LogP contribution < -0.4 is 0 Å². The molecule has 3 unspecified atom stereocenters. The van der Waals surface area contributed by atoms with Gasteiger partial charge in [-0.3, -0.25) is 4.79 Å². The van der Waals surface area contributed by atoms with E-state index in [0.717, 1.165) is 51.4 Å². The number of fused-ring (bicyclic) bond motifs is 7. The Hall–Kier alpha value is -2.24. The minimum atomic E-state index is -1.02. The number of aldehydes is 1. The number of carboxylic acid groups (broad SMARTS) is 1. The van der Waals surface area contributed by atoms with Gasteiger partial charge in [0.25, 0.3) is 0 Å². The maximum absolute atomic E-state index is 14.6. The molecule has 0 heterocycles. The van der Waals surface area contributed by atoms with Gasteiger partial charge in [0, 0.05) is 27.9 Å². The van der Waals surface area contributed by atoms with Gasteiger partial charge in [-0.1, -0.05) is 54.0 Å². The summed E-state index contributed by atoms with van der Waals surface area (Å²) in [6.45, 7) is 16.1. The Labute approximate surface area is 257 Å². The van der Waals surface area contributed by atoms with Gasteiger partial charge in [-0.25, -0.2) is 9.59 Å². The molecule has 6 aliphatic rings. The van der Waals surface area contributed by atoms with Crippen molar-refractivity contribution in [1.29, 1.82) is 0 Å². The quantitative estimate of drug-likeness (QED) is 0.266. The molecule has 0 aliphatic heterocycles. The van der Waals surface area contributed by atoms with E-state index in [4.69, 9.17) is 4.74 Å². The number of aliphatic carboxylic acids is 1. The van der Waals surface area contributed by atoms with Crippen LogP contribution in [0.15, 0.2) is 22.8 Å². The highest BCUT2D eigenvalue weighted by Crippen LogP contribution is 2.75. The Morgan fingerprint density at radius 1 is 0.907 bits per heavy atom. The summed E-state index contributed by atoms with van der Waals surface area (Å²) >= 11 is 0. The third-order valence-corrected chi connectivity index (χ3v) is 14.8. The molecule has 6 rings (SSSR count). The molecule has 1 N–H and O–H groups in total. The summed E-state index contributed by atoms with van der Waals surface area (Å²) < 4.78 is 6.17. The summed E-state index contributed by atoms with van der Waals surface area (Å²) in [7, 11) is 0. The van der Waals surface area contributed by atoms with Gasteiger partial charge in [-0.2, -0.15) is 0 Å². The minimum Gasteiger partial charge on any atom is -0.478 e. The van der Waals surface area contributed by atoms with Gasteiger partial charge in [0.1, 0.15) is 12.4 Å². The standard InChI is InChI=1S/C37H52O6/c1-32(2)27-11-14-37(7)29(35(27,5)13-12-28(32)43-31(42)23-10-8-9-22(23)30(40)41)26(39)19-24-25-20-33(3,21-38)15-16-34(25,4)17-18-36(24,37)6/h19,21,25,27-29H,8-18,20H2,1-7H3,(H,40,41)/t25-,27?,28-,29?,33-,34+,35-,36?,37+/m0/s1. The molecule has 4 saturated carbocycles. The molecule has 0 aromatic carbocycles. The average molecular weight is 593 g/mol. The zero-order chi connectivity index (χ0) is 31.4. The van der Waals surface area contributed by atoms with Crippen LogP contribution in [0.4, 0.5) is 0 Å². The summed E-state index contributed by atoms with van der Waals surface area (Å²) in [5, 5.41) is 9.59. The van der Waals surface area contributed by atoms with Crippen molar-refractivity contribution in [2.24, 2.45) is 50.2 Å². The lowest BCUT2D eigenvalue weighted by Crippen LogP contribution is -2.66. The van der Waals surface area contributed by atoms with E-state index >= 15 is 0 Å². The first-order valence-electron chi connectivity index (χ1n) is 16.8. The number of carboxylic acids is 1. The first-order valence-corrected chi connectivity index (χ1v) is 16.8. The van der Waals surface area contributed by atoms with Gasteiger partial charge in [-0.05, 0) is 117 Å². The average Bonchev–Trinajstić information content (AvgIpc) is 3.43. The predicted molar refractivity (Wildman–Crippen MR) is 164 cm³/mol. The van der Waals surface area contributed by atoms with E-state index in [2.05, 4.69) is 54.5 Å². The smallest absolute Gasteiger partial charge is 0.334 e. The van der Waals surface area contributed by atoms with E-state index in [1.54, 1.807) is 0 Å². The highest BCUT2D eigenvalue weighted by atomic mass is 16.5. The Bertz CT molecular complexity index is 1340. The third kappa shape index (κ3) is 4.16. The summed E-state index contributed by atoms with van der Waals surface area (Å²) in [6, 6.07) is 0. The number of ketones is 1. The number of hydrogen-bond acceptors (Lipinski definition) is 5. The number of allylic oxidation sites excluding steroid dienone is 2. The van der Waals surface area contributed by atoms with Crippen LogP contribution >= 0.6 is 0 Å². The van der Waals surface area contributed by atoms with Crippen molar-refractivity contribution in [1.82, 2.24) is 0 Å². The van der Waals surface area contributed by atoms with Gasteiger partial charge >= 0.3 is 11.9 Å². The van der Waals surface area contributed by atoms with Crippen molar-refractivity contribution in [3.05, 3.63) is 22.8 Å². The number of ether oxygens (including phenoxy) is 1. The molecule has 0 saturated heterocycles. The minimum absolute atomic E-state index is 0.0967. The first-order chi connectivity index (χ1) is 20.0. The summed E-state index contributed by atoms with van der Waals surface area (Å²) in [4.78, 5) is 51.7. The zero-order valence-corrected chi connectivity index (χ0v) is 27.4. The molecule has 0 bridgehead atoms. The Balaban J connectivity index is 1.33. The number of esters is 1. The van der Waals surface area contributed by atoms with Crippen LogP contribution in [0.5, 0.6) is 0 Å². The van der Waals surface area contributed by atoms with E-state index in [9.17, 15) is 24.3 Å². The van der Waals surface area contributed by atoms with Gasteiger partial charge in [0.2, 0.25) is 0 Å². The van der Waals surface area contributed by atoms with Gasteiger partial charge in [0.15, 0.2) is 5.78 Å². The highest BCUT2D eigenvalue weighted by molar-refractivity contribution is 6.00. The second-order valence-electron chi connectivity index (χ2n) is 17.3. The normalized spacial score (nSPS) is 47.0. The number of carbonyl (C=O) groups is 4.